The lowest BCUT2D eigenvalue weighted by Gasteiger charge is -2.27. The van der Waals surface area contributed by atoms with Crippen molar-refractivity contribution >= 4 is 17.3 Å². The lowest BCUT2D eigenvalue weighted by atomic mass is 10.2. The molecule has 0 aliphatic rings. The quantitative estimate of drug-likeness (QED) is 0.728. The molecule has 2 aromatic carbocycles. The molecule has 0 N–H and O–H groups in total. The van der Waals surface area contributed by atoms with E-state index in [-0.39, 0.29) is 12.2 Å². The summed E-state index contributed by atoms with van der Waals surface area (Å²) in [5.74, 6) is 0. The third kappa shape index (κ3) is 3.64. The summed E-state index contributed by atoms with van der Waals surface area (Å²) >= 11 is 5.72. The van der Waals surface area contributed by atoms with E-state index in [2.05, 4.69) is 0 Å². The van der Waals surface area contributed by atoms with E-state index in [9.17, 15) is 13.2 Å². The molecule has 0 aliphatic heterocycles. The number of alkyl halides is 3. The number of rotatable bonds is 3. The molecule has 0 fully saturated rings. The van der Waals surface area contributed by atoms with Crippen LogP contribution < -0.4 is 4.90 Å². The van der Waals surface area contributed by atoms with Gasteiger partial charge in [0.15, 0.2) is 0 Å². The zero-order valence-corrected chi connectivity index (χ0v) is 10.6. The number of anilines is 1. The molecular weight excluding hydrogens is 275 g/mol. The predicted octanol–water partition coefficient (Wildman–Crippen LogP) is 4.87. The van der Waals surface area contributed by atoms with Crippen molar-refractivity contribution in [1.82, 2.24) is 0 Å². The summed E-state index contributed by atoms with van der Waals surface area (Å²) < 4.78 is 39.2. The number of para-hydroxylation sites is 1. The fourth-order valence-electron chi connectivity index (χ4n) is 1.71. The molecule has 19 heavy (non-hydrogen) atoms. The first kappa shape index (κ1) is 13.7. The van der Waals surface area contributed by atoms with Crippen LogP contribution in [0.1, 0.15) is 5.56 Å². The van der Waals surface area contributed by atoms with Gasteiger partial charge in [0.05, 0.1) is 6.54 Å². The minimum atomic E-state index is -4.43. The highest BCUT2D eigenvalue weighted by molar-refractivity contribution is 6.30. The van der Waals surface area contributed by atoms with Crippen molar-refractivity contribution in [2.75, 3.05) is 4.90 Å². The van der Waals surface area contributed by atoms with Crippen LogP contribution in [-0.2, 0) is 6.54 Å². The maximum atomic E-state index is 13.1. The first-order valence-electron chi connectivity index (χ1n) is 5.60. The number of halogens is 4. The number of hydrogen-bond donors (Lipinski definition) is 0. The van der Waals surface area contributed by atoms with E-state index in [1.807, 2.05) is 0 Å². The van der Waals surface area contributed by atoms with Crippen molar-refractivity contribution in [1.29, 1.82) is 0 Å². The van der Waals surface area contributed by atoms with E-state index in [4.69, 9.17) is 11.6 Å². The van der Waals surface area contributed by atoms with Crippen LogP contribution in [0.2, 0.25) is 5.02 Å². The van der Waals surface area contributed by atoms with Gasteiger partial charge in [0.1, 0.15) is 0 Å². The van der Waals surface area contributed by atoms with Gasteiger partial charge in [0.25, 0.3) is 0 Å². The van der Waals surface area contributed by atoms with Gasteiger partial charge in [-0.05, 0) is 29.8 Å². The Morgan fingerprint density at radius 1 is 0.895 bits per heavy atom. The molecule has 0 aliphatic carbocycles. The molecule has 1 nitrogen and oxygen atoms in total. The van der Waals surface area contributed by atoms with Gasteiger partial charge in [0.2, 0.25) is 0 Å². The van der Waals surface area contributed by atoms with E-state index in [1.165, 1.54) is 12.1 Å². The molecule has 0 saturated carbocycles. The van der Waals surface area contributed by atoms with Crippen LogP contribution in [0.15, 0.2) is 54.6 Å². The summed E-state index contributed by atoms with van der Waals surface area (Å²) in [4.78, 5) is 0.399. The van der Waals surface area contributed by atoms with Crippen molar-refractivity contribution in [2.24, 2.45) is 0 Å². The van der Waals surface area contributed by atoms with Gasteiger partial charge in [-0.3, -0.25) is 4.90 Å². The van der Waals surface area contributed by atoms with Crippen molar-refractivity contribution in [2.45, 2.75) is 12.8 Å². The Bertz CT molecular complexity index is 523. The highest BCUT2D eigenvalue weighted by atomic mass is 35.5. The molecule has 0 atom stereocenters. The molecule has 5 heteroatoms. The summed E-state index contributed by atoms with van der Waals surface area (Å²) in [6.45, 7) is -0.245. The van der Waals surface area contributed by atoms with Gasteiger partial charge >= 0.3 is 6.30 Å². The van der Waals surface area contributed by atoms with Gasteiger partial charge in [-0.15, -0.1) is 0 Å². The van der Waals surface area contributed by atoms with Crippen molar-refractivity contribution in [3.05, 3.63) is 65.2 Å². The van der Waals surface area contributed by atoms with Gasteiger partial charge in [-0.2, -0.15) is 13.2 Å². The predicted molar refractivity (Wildman–Crippen MR) is 70.1 cm³/mol. The Hall–Kier alpha value is -1.68. The summed E-state index contributed by atoms with van der Waals surface area (Å²) in [5, 5.41) is 0.502. The fourth-order valence-corrected chi connectivity index (χ4v) is 1.83. The zero-order chi connectivity index (χ0) is 13.9. The molecule has 2 rings (SSSR count). The SMILES string of the molecule is FC(F)(F)N(Cc1ccc(Cl)cc1)c1ccccc1. The zero-order valence-electron chi connectivity index (χ0n) is 9.86. The minimum absolute atomic E-state index is 0.116. The minimum Gasteiger partial charge on any atom is -0.280 e. The van der Waals surface area contributed by atoms with Crippen molar-refractivity contribution < 1.29 is 13.2 Å². The van der Waals surface area contributed by atoms with Crippen LogP contribution in [0.4, 0.5) is 18.9 Å². The Labute approximate surface area is 114 Å². The van der Waals surface area contributed by atoms with E-state index < -0.39 is 6.30 Å². The van der Waals surface area contributed by atoms with Crippen LogP contribution >= 0.6 is 11.6 Å². The molecule has 0 aromatic heterocycles. The first-order chi connectivity index (χ1) is 8.97. The number of benzene rings is 2. The fraction of sp³-hybridized carbons (Fsp3) is 0.143. The average molecular weight is 286 g/mol. The Kier molecular flexibility index (Phi) is 4.00. The van der Waals surface area contributed by atoms with E-state index in [0.29, 0.717) is 15.5 Å². The Morgan fingerprint density at radius 3 is 2.00 bits per heavy atom. The number of nitrogens with zero attached hydrogens (tertiary/aromatic N) is 1. The lowest BCUT2D eigenvalue weighted by molar-refractivity contribution is -0.130. The topological polar surface area (TPSA) is 3.24 Å². The van der Waals surface area contributed by atoms with Crippen LogP contribution in [0.25, 0.3) is 0 Å². The summed E-state index contributed by atoms with van der Waals surface area (Å²) in [6, 6.07) is 14.0. The largest absolute Gasteiger partial charge is 0.485 e. The normalized spacial score (nSPS) is 11.4. The Morgan fingerprint density at radius 2 is 1.47 bits per heavy atom. The molecular formula is C14H11ClF3N. The summed E-state index contributed by atoms with van der Waals surface area (Å²) in [7, 11) is 0. The van der Waals surface area contributed by atoms with E-state index >= 15 is 0 Å². The van der Waals surface area contributed by atoms with Crippen LogP contribution in [0.3, 0.4) is 0 Å². The second-order valence-electron chi connectivity index (χ2n) is 4.02. The second-order valence-corrected chi connectivity index (χ2v) is 4.45. The monoisotopic (exact) mass is 285 g/mol. The van der Waals surface area contributed by atoms with Crippen LogP contribution in [-0.4, -0.2) is 6.30 Å². The van der Waals surface area contributed by atoms with Crippen LogP contribution in [0, 0.1) is 0 Å². The molecule has 0 unspecified atom stereocenters. The third-order valence-corrected chi connectivity index (χ3v) is 2.88. The average Bonchev–Trinajstić information content (AvgIpc) is 2.37. The molecule has 100 valence electrons. The van der Waals surface area contributed by atoms with Gasteiger partial charge in [0, 0.05) is 10.7 Å². The standard InChI is InChI=1S/C14H11ClF3N/c15-12-8-6-11(7-9-12)10-19(14(16,17)18)13-4-2-1-3-5-13/h1-9H,10H2. The second kappa shape index (κ2) is 5.53. The summed E-state index contributed by atoms with van der Waals surface area (Å²) in [6.07, 6.45) is -4.43. The first-order valence-corrected chi connectivity index (χ1v) is 5.98. The van der Waals surface area contributed by atoms with Gasteiger partial charge in [-0.25, -0.2) is 0 Å². The van der Waals surface area contributed by atoms with E-state index in [0.717, 1.165) is 0 Å². The number of hydrogen-bond acceptors (Lipinski definition) is 1. The van der Waals surface area contributed by atoms with Gasteiger partial charge in [-0.1, -0.05) is 41.9 Å². The smallest absolute Gasteiger partial charge is 0.280 e. The lowest BCUT2D eigenvalue weighted by Crippen LogP contribution is -2.37. The highest BCUT2D eigenvalue weighted by Crippen LogP contribution is 2.30. The Balaban J connectivity index is 2.27. The maximum absolute atomic E-state index is 13.1. The molecule has 0 saturated heterocycles. The molecule has 2 aromatic rings. The molecule has 0 heterocycles. The van der Waals surface area contributed by atoms with Crippen LogP contribution in [0.5, 0.6) is 0 Å². The summed E-state index contributed by atoms with van der Waals surface area (Å²) in [5.41, 5.74) is 0.663. The molecule has 0 radical (unpaired) electrons. The third-order valence-electron chi connectivity index (χ3n) is 2.63. The molecule has 0 amide bonds. The van der Waals surface area contributed by atoms with Crippen molar-refractivity contribution in [3.8, 4) is 0 Å². The maximum Gasteiger partial charge on any atom is 0.485 e. The highest BCUT2D eigenvalue weighted by Gasteiger charge is 2.37. The van der Waals surface area contributed by atoms with Crippen molar-refractivity contribution in [3.63, 3.8) is 0 Å². The molecule has 0 spiro atoms. The van der Waals surface area contributed by atoms with Gasteiger partial charge < -0.3 is 0 Å². The van der Waals surface area contributed by atoms with E-state index in [1.54, 1.807) is 42.5 Å². The molecule has 0 bridgehead atoms.